The van der Waals surface area contributed by atoms with Gasteiger partial charge in [-0.3, -0.25) is 4.99 Å². The molecular formula is C11H22N2O. The molecule has 1 rings (SSSR count). The Kier molecular flexibility index (Phi) is 4.39. The molecule has 1 heterocycles. The zero-order valence-electron chi connectivity index (χ0n) is 9.49. The normalized spacial score (nSPS) is 29.6. The van der Waals surface area contributed by atoms with Gasteiger partial charge in [-0.2, -0.15) is 0 Å². The minimum Gasteiger partial charge on any atom is -0.387 e. The molecular weight excluding hydrogens is 176 g/mol. The van der Waals surface area contributed by atoms with Crippen molar-refractivity contribution >= 4 is 5.84 Å². The van der Waals surface area contributed by atoms with E-state index in [1.54, 1.807) is 0 Å². The van der Waals surface area contributed by atoms with Gasteiger partial charge in [0.05, 0.1) is 11.9 Å². The van der Waals surface area contributed by atoms with Gasteiger partial charge in [0.25, 0.3) is 0 Å². The van der Waals surface area contributed by atoms with Gasteiger partial charge in [-0.05, 0) is 25.7 Å². The van der Waals surface area contributed by atoms with E-state index in [0.29, 0.717) is 17.9 Å². The van der Waals surface area contributed by atoms with Crippen LogP contribution in [0.2, 0.25) is 0 Å². The number of hydrogen-bond donors (Lipinski definition) is 1. The summed E-state index contributed by atoms with van der Waals surface area (Å²) < 4.78 is 5.48. The molecule has 14 heavy (non-hydrogen) atoms. The number of aliphatic imine (C=N–C) groups is 1. The first-order chi connectivity index (χ1) is 6.59. The molecule has 2 N–H and O–H groups in total. The van der Waals surface area contributed by atoms with E-state index in [2.05, 4.69) is 25.8 Å². The predicted molar refractivity (Wildman–Crippen MR) is 59.5 cm³/mol. The van der Waals surface area contributed by atoms with Crippen molar-refractivity contribution in [3.63, 3.8) is 0 Å². The Morgan fingerprint density at radius 1 is 1.57 bits per heavy atom. The van der Waals surface area contributed by atoms with E-state index < -0.39 is 0 Å². The van der Waals surface area contributed by atoms with E-state index in [9.17, 15) is 0 Å². The number of nitrogens with two attached hydrogens (primary N) is 1. The van der Waals surface area contributed by atoms with Gasteiger partial charge in [0.1, 0.15) is 0 Å². The second kappa shape index (κ2) is 5.35. The lowest BCUT2D eigenvalue weighted by Crippen LogP contribution is -2.26. The molecule has 0 aromatic heterocycles. The average molecular weight is 198 g/mol. The fraction of sp³-hybridized carbons (Fsp3) is 0.909. The second-order valence-corrected chi connectivity index (χ2v) is 4.49. The van der Waals surface area contributed by atoms with Gasteiger partial charge in [-0.15, -0.1) is 0 Å². The van der Waals surface area contributed by atoms with Crippen molar-refractivity contribution < 1.29 is 4.74 Å². The molecule has 0 aromatic rings. The Labute approximate surface area is 86.7 Å². The highest BCUT2D eigenvalue weighted by atomic mass is 16.5. The van der Waals surface area contributed by atoms with Crippen molar-refractivity contribution in [2.75, 3.05) is 13.2 Å². The van der Waals surface area contributed by atoms with Gasteiger partial charge in [0.2, 0.25) is 0 Å². The summed E-state index contributed by atoms with van der Waals surface area (Å²) in [6.07, 6.45) is 2.64. The molecule has 3 heteroatoms. The van der Waals surface area contributed by atoms with E-state index in [1.807, 2.05) is 0 Å². The highest BCUT2D eigenvalue weighted by molar-refractivity contribution is 5.82. The Balaban J connectivity index is 2.33. The summed E-state index contributed by atoms with van der Waals surface area (Å²) in [5, 5.41) is 0. The molecule has 0 saturated carbocycles. The molecule has 3 nitrogen and oxygen atoms in total. The molecule has 82 valence electrons. The van der Waals surface area contributed by atoms with Crippen molar-refractivity contribution in [1.82, 2.24) is 0 Å². The van der Waals surface area contributed by atoms with Crippen LogP contribution in [0.5, 0.6) is 0 Å². The number of amidine groups is 1. The van der Waals surface area contributed by atoms with Crippen molar-refractivity contribution in [3.05, 3.63) is 0 Å². The molecule has 1 aliphatic heterocycles. The first-order valence-electron chi connectivity index (χ1n) is 5.51. The fourth-order valence-electron chi connectivity index (χ4n) is 1.67. The summed E-state index contributed by atoms with van der Waals surface area (Å²) >= 11 is 0. The quantitative estimate of drug-likeness (QED) is 0.555. The third-order valence-electron chi connectivity index (χ3n) is 2.72. The summed E-state index contributed by atoms with van der Waals surface area (Å²) in [6.45, 7) is 8.03. The lowest BCUT2D eigenvalue weighted by Gasteiger charge is -2.26. The third-order valence-corrected chi connectivity index (χ3v) is 2.72. The molecule has 0 amide bonds. The van der Waals surface area contributed by atoms with Crippen molar-refractivity contribution in [2.45, 2.75) is 39.7 Å². The van der Waals surface area contributed by atoms with E-state index >= 15 is 0 Å². The standard InChI is InChI=1S/C11H22N2O/c1-8(2)11(12)13-7-10-4-5-14-9(3)6-10/h8-10H,4-7H2,1-3H3,(H2,12,13). The monoisotopic (exact) mass is 198 g/mol. The van der Waals surface area contributed by atoms with Crippen LogP contribution in [0, 0.1) is 11.8 Å². The van der Waals surface area contributed by atoms with Crippen LogP contribution in [0.25, 0.3) is 0 Å². The first kappa shape index (κ1) is 11.5. The molecule has 0 bridgehead atoms. The minimum absolute atomic E-state index is 0.368. The van der Waals surface area contributed by atoms with Gasteiger partial charge in [0.15, 0.2) is 0 Å². The van der Waals surface area contributed by atoms with Crippen LogP contribution in [0.1, 0.15) is 33.6 Å². The molecule has 1 saturated heterocycles. The van der Waals surface area contributed by atoms with Crippen LogP contribution in [0.15, 0.2) is 4.99 Å². The summed E-state index contributed by atoms with van der Waals surface area (Å²) in [5.74, 6) is 1.81. The average Bonchev–Trinajstić information content (AvgIpc) is 2.14. The molecule has 0 aliphatic carbocycles. The van der Waals surface area contributed by atoms with Gasteiger partial charge < -0.3 is 10.5 Å². The van der Waals surface area contributed by atoms with Gasteiger partial charge in [-0.25, -0.2) is 0 Å². The highest BCUT2D eigenvalue weighted by Crippen LogP contribution is 2.20. The SMILES string of the molecule is CC1CC(CN=C(N)C(C)C)CCO1. The predicted octanol–water partition coefficient (Wildman–Crippen LogP) is 1.81. The van der Waals surface area contributed by atoms with E-state index in [-0.39, 0.29) is 0 Å². The van der Waals surface area contributed by atoms with Gasteiger partial charge in [-0.1, -0.05) is 13.8 Å². The summed E-state index contributed by atoms with van der Waals surface area (Å²) in [6, 6.07) is 0. The summed E-state index contributed by atoms with van der Waals surface area (Å²) in [7, 11) is 0. The number of hydrogen-bond acceptors (Lipinski definition) is 2. The Morgan fingerprint density at radius 2 is 2.29 bits per heavy atom. The zero-order valence-corrected chi connectivity index (χ0v) is 9.49. The van der Waals surface area contributed by atoms with Crippen LogP contribution in [0.3, 0.4) is 0 Å². The highest BCUT2D eigenvalue weighted by Gasteiger charge is 2.18. The molecule has 2 atom stereocenters. The van der Waals surface area contributed by atoms with Gasteiger partial charge >= 0.3 is 0 Å². The Bertz CT molecular complexity index is 201. The lowest BCUT2D eigenvalue weighted by molar-refractivity contribution is 0.00481. The van der Waals surface area contributed by atoms with Crippen molar-refractivity contribution in [2.24, 2.45) is 22.6 Å². The topological polar surface area (TPSA) is 47.6 Å². The Hall–Kier alpha value is -0.570. The van der Waals surface area contributed by atoms with Crippen LogP contribution in [-0.4, -0.2) is 25.1 Å². The fourth-order valence-corrected chi connectivity index (χ4v) is 1.67. The second-order valence-electron chi connectivity index (χ2n) is 4.49. The van der Waals surface area contributed by atoms with Crippen LogP contribution >= 0.6 is 0 Å². The van der Waals surface area contributed by atoms with E-state index in [4.69, 9.17) is 10.5 Å². The van der Waals surface area contributed by atoms with Crippen LogP contribution < -0.4 is 5.73 Å². The largest absolute Gasteiger partial charge is 0.387 e. The third kappa shape index (κ3) is 3.66. The van der Waals surface area contributed by atoms with Gasteiger partial charge in [0, 0.05) is 19.1 Å². The maximum Gasteiger partial charge on any atom is 0.0962 e. The first-order valence-corrected chi connectivity index (χ1v) is 5.51. The van der Waals surface area contributed by atoms with Crippen molar-refractivity contribution in [3.8, 4) is 0 Å². The van der Waals surface area contributed by atoms with E-state index in [0.717, 1.165) is 31.8 Å². The Morgan fingerprint density at radius 3 is 2.86 bits per heavy atom. The molecule has 1 aliphatic rings. The number of rotatable bonds is 3. The number of ether oxygens (including phenoxy) is 1. The summed E-state index contributed by atoms with van der Waals surface area (Å²) in [4.78, 5) is 4.42. The molecule has 1 fully saturated rings. The lowest BCUT2D eigenvalue weighted by atomic mass is 9.96. The number of nitrogens with zero attached hydrogens (tertiary/aromatic N) is 1. The van der Waals surface area contributed by atoms with Crippen molar-refractivity contribution in [1.29, 1.82) is 0 Å². The maximum absolute atomic E-state index is 5.79. The molecule has 0 aromatic carbocycles. The molecule has 0 spiro atoms. The summed E-state index contributed by atoms with van der Waals surface area (Å²) in [5.41, 5.74) is 5.79. The molecule has 2 unspecified atom stereocenters. The van der Waals surface area contributed by atoms with Crippen LogP contribution in [0.4, 0.5) is 0 Å². The van der Waals surface area contributed by atoms with E-state index in [1.165, 1.54) is 0 Å². The minimum atomic E-state index is 0.368. The molecule has 0 radical (unpaired) electrons. The zero-order chi connectivity index (χ0) is 10.6. The smallest absolute Gasteiger partial charge is 0.0962 e. The maximum atomic E-state index is 5.79. The van der Waals surface area contributed by atoms with Crippen LogP contribution in [-0.2, 0) is 4.74 Å².